The summed E-state index contributed by atoms with van der Waals surface area (Å²) in [6.07, 6.45) is 1.73. The Labute approximate surface area is 129 Å². The van der Waals surface area contributed by atoms with Gasteiger partial charge in [0.1, 0.15) is 11.4 Å². The van der Waals surface area contributed by atoms with Gasteiger partial charge >= 0.3 is 5.97 Å². The number of carboxylic acid groups (broad SMARTS) is 1. The summed E-state index contributed by atoms with van der Waals surface area (Å²) in [5.74, 6) is -1.12. The Bertz CT molecular complexity index is 478. The van der Waals surface area contributed by atoms with Crippen molar-refractivity contribution in [2.45, 2.75) is 62.9 Å². The summed E-state index contributed by atoms with van der Waals surface area (Å²) in [6.45, 7) is 10.7. The summed E-state index contributed by atoms with van der Waals surface area (Å²) in [6, 6.07) is -0.894. The van der Waals surface area contributed by atoms with Crippen LogP contribution in [0.5, 0.6) is 0 Å². The first-order valence-electron chi connectivity index (χ1n) is 7.22. The van der Waals surface area contributed by atoms with E-state index in [1.54, 1.807) is 6.34 Å². The number of hydrogen-bond acceptors (Lipinski definition) is 4. The molecule has 7 heteroatoms. The van der Waals surface area contributed by atoms with Gasteiger partial charge < -0.3 is 14.9 Å². The Balaban J connectivity index is 2.13. The van der Waals surface area contributed by atoms with Gasteiger partial charge in [-0.15, -0.1) is 11.8 Å². The van der Waals surface area contributed by atoms with Crippen LogP contribution < -0.4 is 0 Å². The number of aliphatic imine (C=N–C) groups is 1. The quantitative estimate of drug-likeness (QED) is 0.470. The molecule has 2 aliphatic heterocycles. The summed E-state index contributed by atoms with van der Waals surface area (Å²) in [7, 11) is 0. The van der Waals surface area contributed by atoms with E-state index in [0.717, 1.165) is 6.54 Å². The maximum absolute atomic E-state index is 12.2. The molecule has 0 bridgehead atoms. The largest absolute Gasteiger partial charge is 0.480 e. The number of rotatable bonds is 5. The van der Waals surface area contributed by atoms with Gasteiger partial charge in [-0.1, -0.05) is 0 Å². The first kappa shape index (κ1) is 16.1. The zero-order chi connectivity index (χ0) is 15.9. The second-order valence-electron chi connectivity index (χ2n) is 6.23. The van der Waals surface area contributed by atoms with E-state index < -0.39 is 22.8 Å². The zero-order valence-corrected chi connectivity index (χ0v) is 13.9. The first-order valence-corrected chi connectivity index (χ1v) is 8.10. The van der Waals surface area contributed by atoms with Gasteiger partial charge in [0.15, 0.2) is 6.04 Å². The molecule has 2 fully saturated rings. The molecule has 1 unspecified atom stereocenters. The average molecular weight is 313 g/mol. The highest BCUT2D eigenvalue weighted by atomic mass is 32.2. The van der Waals surface area contributed by atoms with E-state index in [1.165, 1.54) is 16.7 Å². The maximum atomic E-state index is 12.2. The second-order valence-corrected chi connectivity index (χ2v) is 8.00. The molecule has 0 aromatic rings. The van der Waals surface area contributed by atoms with Crippen molar-refractivity contribution in [1.82, 2.24) is 9.80 Å². The molecule has 2 rings (SSSR count). The number of carbonyl (C=O) groups is 2. The van der Waals surface area contributed by atoms with Gasteiger partial charge in [0.25, 0.3) is 5.91 Å². The Morgan fingerprint density at radius 2 is 2.19 bits per heavy atom. The minimum atomic E-state index is -0.942. The van der Waals surface area contributed by atoms with Crippen LogP contribution in [0.15, 0.2) is 4.99 Å². The molecule has 0 aromatic heterocycles. The summed E-state index contributed by atoms with van der Waals surface area (Å²) < 4.78 is -0.487. The Kier molecular flexibility index (Phi) is 4.24. The highest BCUT2D eigenvalue weighted by Gasteiger charge is 2.63. The molecule has 1 amide bonds. The van der Waals surface area contributed by atoms with Crippen molar-refractivity contribution in [1.29, 1.82) is 0 Å². The SMILES string of the molecule is CCN(/C=N/C1C(=O)N2[C@@H]1SC(C)(C)[C@@H]2C(=O)O)C(C)C. The van der Waals surface area contributed by atoms with Crippen LogP contribution in [0.2, 0.25) is 0 Å². The molecule has 21 heavy (non-hydrogen) atoms. The van der Waals surface area contributed by atoms with Crippen molar-refractivity contribution < 1.29 is 14.7 Å². The molecular weight excluding hydrogens is 290 g/mol. The van der Waals surface area contributed by atoms with Crippen molar-refractivity contribution in [2.24, 2.45) is 4.99 Å². The van der Waals surface area contributed by atoms with E-state index in [1.807, 2.05) is 20.8 Å². The lowest BCUT2D eigenvalue weighted by Crippen LogP contribution is -2.65. The molecule has 2 saturated heterocycles. The Hall–Kier alpha value is -1.24. The molecular formula is C14H23N3O3S. The third kappa shape index (κ3) is 2.63. The lowest BCUT2D eigenvalue weighted by Gasteiger charge is -2.41. The molecule has 2 aliphatic rings. The van der Waals surface area contributed by atoms with Crippen molar-refractivity contribution in [3.05, 3.63) is 0 Å². The molecule has 0 spiro atoms. The number of carbonyl (C=O) groups excluding carboxylic acids is 1. The van der Waals surface area contributed by atoms with E-state index >= 15 is 0 Å². The van der Waals surface area contributed by atoms with Gasteiger partial charge in [0, 0.05) is 17.3 Å². The molecule has 1 N–H and O–H groups in total. The van der Waals surface area contributed by atoms with Crippen LogP contribution in [0.1, 0.15) is 34.6 Å². The minimum absolute atomic E-state index is 0.157. The van der Waals surface area contributed by atoms with Gasteiger partial charge in [0.2, 0.25) is 0 Å². The standard InChI is InChI=1S/C14H23N3O3S/c1-6-16(8(2)3)7-15-9-11(18)17-10(13(19)20)14(4,5)21-12(9)17/h7-10,12H,6H2,1-5H3,(H,19,20)/b15-7+/t9?,10-,12+/m0/s1. The second kappa shape index (κ2) is 5.51. The predicted molar refractivity (Wildman–Crippen MR) is 83.5 cm³/mol. The van der Waals surface area contributed by atoms with Crippen LogP contribution >= 0.6 is 11.8 Å². The number of fused-ring (bicyclic) bond motifs is 1. The number of β-lactam (4-membered cyclic amide) rings is 1. The average Bonchev–Trinajstić information content (AvgIpc) is 2.62. The summed E-state index contributed by atoms with van der Waals surface area (Å²) in [4.78, 5) is 31.6. The fourth-order valence-electron chi connectivity index (χ4n) is 2.87. The Morgan fingerprint density at radius 1 is 1.57 bits per heavy atom. The topological polar surface area (TPSA) is 73.2 Å². The number of amides is 1. The van der Waals surface area contributed by atoms with E-state index in [2.05, 4.69) is 23.7 Å². The summed E-state index contributed by atoms with van der Waals surface area (Å²) in [5, 5.41) is 9.19. The molecule has 0 aromatic carbocycles. The van der Waals surface area contributed by atoms with Gasteiger partial charge in [-0.2, -0.15) is 0 Å². The molecule has 2 heterocycles. The Morgan fingerprint density at radius 3 is 2.67 bits per heavy atom. The fraction of sp³-hybridized carbons (Fsp3) is 0.786. The highest BCUT2D eigenvalue weighted by molar-refractivity contribution is 8.01. The van der Waals surface area contributed by atoms with Crippen LogP contribution in [-0.2, 0) is 9.59 Å². The molecule has 118 valence electrons. The summed E-state index contributed by atoms with van der Waals surface area (Å²) >= 11 is 1.53. The lowest BCUT2D eigenvalue weighted by atomic mass is 9.96. The number of carboxylic acids is 1. The predicted octanol–water partition coefficient (Wildman–Crippen LogP) is 1.26. The molecule has 0 saturated carbocycles. The number of aliphatic carboxylic acids is 1. The van der Waals surface area contributed by atoms with E-state index in [4.69, 9.17) is 0 Å². The minimum Gasteiger partial charge on any atom is -0.480 e. The van der Waals surface area contributed by atoms with Gasteiger partial charge in [-0.25, -0.2) is 4.79 Å². The van der Waals surface area contributed by atoms with Crippen molar-refractivity contribution >= 4 is 30.0 Å². The lowest BCUT2D eigenvalue weighted by molar-refractivity contribution is -0.158. The molecule has 0 radical (unpaired) electrons. The van der Waals surface area contributed by atoms with E-state index in [9.17, 15) is 14.7 Å². The van der Waals surface area contributed by atoms with Crippen molar-refractivity contribution in [3.8, 4) is 0 Å². The molecule has 3 atom stereocenters. The third-order valence-corrected chi connectivity index (χ3v) is 5.61. The van der Waals surface area contributed by atoms with E-state index in [0.29, 0.717) is 6.04 Å². The van der Waals surface area contributed by atoms with Crippen LogP contribution in [0, 0.1) is 0 Å². The number of hydrogen-bond donors (Lipinski definition) is 1. The van der Waals surface area contributed by atoms with Crippen LogP contribution in [0.25, 0.3) is 0 Å². The smallest absolute Gasteiger partial charge is 0.327 e. The zero-order valence-electron chi connectivity index (χ0n) is 13.1. The summed E-state index contributed by atoms with van der Waals surface area (Å²) in [5.41, 5.74) is 0. The molecule has 0 aliphatic carbocycles. The molecule has 6 nitrogen and oxygen atoms in total. The maximum Gasteiger partial charge on any atom is 0.327 e. The van der Waals surface area contributed by atoms with Gasteiger partial charge in [-0.05, 0) is 34.6 Å². The van der Waals surface area contributed by atoms with Crippen LogP contribution in [0.4, 0.5) is 0 Å². The highest BCUT2D eigenvalue weighted by Crippen LogP contribution is 2.51. The number of nitrogens with zero attached hydrogens (tertiary/aromatic N) is 3. The fourth-order valence-corrected chi connectivity index (χ4v) is 4.49. The normalized spacial score (nSPS) is 30.7. The van der Waals surface area contributed by atoms with Gasteiger partial charge in [0.05, 0.1) is 6.34 Å². The van der Waals surface area contributed by atoms with Crippen molar-refractivity contribution in [3.63, 3.8) is 0 Å². The van der Waals surface area contributed by atoms with Crippen LogP contribution in [-0.4, -0.2) is 67.9 Å². The van der Waals surface area contributed by atoms with E-state index in [-0.39, 0.29) is 11.3 Å². The van der Waals surface area contributed by atoms with Crippen molar-refractivity contribution in [2.75, 3.05) is 6.54 Å². The van der Waals surface area contributed by atoms with Gasteiger partial charge in [-0.3, -0.25) is 9.79 Å². The monoisotopic (exact) mass is 313 g/mol. The first-order chi connectivity index (χ1) is 9.70. The van der Waals surface area contributed by atoms with Crippen LogP contribution in [0.3, 0.4) is 0 Å². The third-order valence-electron chi connectivity index (χ3n) is 4.05. The number of thioether (sulfide) groups is 1.